The highest BCUT2D eigenvalue weighted by Crippen LogP contribution is 2.34. The zero-order chi connectivity index (χ0) is 17.3. The highest BCUT2D eigenvalue weighted by Gasteiger charge is 2.34. The average molecular weight is 310 g/mol. The molecule has 1 rings (SSSR count). The molecular formula is C17H21F3N2. The third-order valence-electron chi connectivity index (χ3n) is 3.29. The van der Waals surface area contributed by atoms with Gasteiger partial charge in [-0.05, 0) is 31.5 Å². The molecule has 1 atom stereocenters. The first-order valence-corrected chi connectivity index (χ1v) is 7.00. The molecule has 0 bridgehead atoms. The Kier molecular flexibility index (Phi) is 8.12. The van der Waals surface area contributed by atoms with Crippen molar-refractivity contribution >= 4 is 5.69 Å². The molecule has 0 radical (unpaired) electrons. The van der Waals surface area contributed by atoms with Crippen molar-refractivity contribution in [3.8, 4) is 18.4 Å². The molecule has 0 amide bonds. The number of hydrogen-bond donors (Lipinski definition) is 0. The van der Waals surface area contributed by atoms with Crippen molar-refractivity contribution in [2.45, 2.75) is 45.8 Å². The third kappa shape index (κ3) is 5.69. The van der Waals surface area contributed by atoms with Crippen molar-refractivity contribution in [3.05, 3.63) is 29.3 Å². The van der Waals surface area contributed by atoms with Crippen LogP contribution in [0.15, 0.2) is 18.2 Å². The average Bonchev–Trinajstić information content (AvgIpc) is 2.52. The van der Waals surface area contributed by atoms with Gasteiger partial charge in [0.25, 0.3) is 0 Å². The van der Waals surface area contributed by atoms with Gasteiger partial charge in [0.2, 0.25) is 0 Å². The maximum absolute atomic E-state index is 12.8. The summed E-state index contributed by atoms with van der Waals surface area (Å²) in [5, 5.41) is 8.70. The van der Waals surface area contributed by atoms with Gasteiger partial charge in [-0.1, -0.05) is 13.8 Å². The number of rotatable bonds is 3. The molecule has 0 heterocycles. The Morgan fingerprint density at radius 1 is 1.32 bits per heavy atom. The van der Waals surface area contributed by atoms with E-state index in [-0.39, 0.29) is 11.6 Å². The van der Waals surface area contributed by atoms with E-state index in [2.05, 4.69) is 5.92 Å². The lowest BCUT2D eigenvalue weighted by Gasteiger charge is -2.27. The van der Waals surface area contributed by atoms with Crippen molar-refractivity contribution in [1.82, 2.24) is 0 Å². The number of nitrogens with zero attached hydrogens (tertiary/aromatic N) is 2. The van der Waals surface area contributed by atoms with Crippen LogP contribution in [0.4, 0.5) is 18.9 Å². The highest BCUT2D eigenvalue weighted by atomic mass is 19.4. The molecule has 0 N–H and O–H groups in total. The van der Waals surface area contributed by atoms with Crippen LogP contribution in [0.1, 0.15) is 44.7 Å². The summed E-state index contributed by atoms with van der Waals surface area (Å²) >= 11 is 0. The second-order valence-electron chi connectivity index (χ2n) is 4.77. The van der Waals surface area contributed by atoms with Gasteiger partial charge in [0.05, 0.1) is 17.2 Å². The molecule has 22 heavy (non-hydrogen) atoms. The third-order valence-corrected chi connectivity index (χ3v) is 3.29. The number of nitriles is 1. The summed E-state index contributed by atoms with van der Waals surface area (Å²) in [7, 11) is 1.75. The van der Waals surface area contributed by atoms with Crippen molar-refractivity contribution in [2.75, 3.05) is 11.9 Å². The van der Waals surface area contributed by atoms with Gasteiger partial charge in [-0.2, -0.15) is 18.4 Å². The maximum atomic E-state index is 12.8. The van der Waals surface area contributed by atoms with Crippen LogP contribution >= 0.6 is 0 Å². The van der Waals surface area contributed by atoms with Crippen molar-refractivity contribution < 1.29 is 13.2 Å². The molecule has 0 saturated carbocycles. The lowest BCUT2D eigenvalue weighted by atomic mass is 10.1. The van der Waals surface area contributed by atoms with Crippen LogP contribution in [0.3, 0.4) is 0 Å². The smallest absolute Gasteiger partial charge is 0.372 e. The topological polar surface area (TPSA) is 27.0 Å². The number of anilines is 1. The van der Waals surface area contributed by atoms with Crippen LogP contribution in [0.25, 0.3) is 0 Å². The van der Waals surface area contributed by atoms with Crippen LogP contribution in [0, 0.1) is 23.7 Å². The minimum atomic E-state index is -4.50. The van der Waals surface area contributed by atoms with Crippen LogP contribution in [0.2, 0.25) is 0 Å². The highest BCUT2D eigenvalue weighted by molar-refractivity contribution is 5.54. The van der Waals surface area contributed by atoms with Gasteiger partial charge in [-0.15, -0.1) is 12.3 Å². The minimum absolute atomic E-state index is 0.138. The molecular weight excluding hydrogens is 289 g/mol. The van der Waals surface area contributed by atoms with Crippen LogP contribution in [-0.2, 0) is 6.18 Å². The Hall–Kier alpha value is -2.14. The molecule has 0 aliphatic heterocycles. The second-order valence-corrected chi connectivity index (χ2v) is 4.77. The largest absolute Gasteiger partial charge is 0.417 e. The normalized spacial score (nSPS) is 11.5. The van der Waals surface area contributed by atoms with E-state index in [0.29, 0.717) is 5.69 Å². The number of halogens is 3. The van der Waals surface area contributed by atoms with E-state index < -0.39 is 11.7 Å². The molecule has 1 unspecified atom stereocenters. The molecule has 120 valence electrons. The minimum Gasteiger partial charge on any atom is -0.372 e. The number of terminal acetylenes is 1. The Morgan fingerprint density at radius 2 is 1.86 bits per heavy atom. The molecule has 0 aliphatic carbocycles. The maximum Gasteiger partial charge on any atom is 0.417 e. The molecule has 1 aromatic carbocycles. The fourth-order valence-corrected chi connectivity index (χ4v) is 1.61. The van der Waals surface area contributed by atoms with E-state index >= 15 is 0 Å². The zero-order valence-electron chi connectivity index (χ0n) is 13.3. The summed E-state index contributed by atoms with van der Waals surface area (Å²) in [5.41, 5.74) is -0.753. The number of alkyl halides is 3. The SMILES string of the molecule is C#CCC.CCC(C)N(C)c1ccc(C#N)c(C(F)(F)F)c1. The first kappa shape index (κ1) is 19.9. The lowest BCUT2D eigenvalue weighted by Crippen LogP contribution is -2.28. The Morgan fingerprint density at radius 3 is 2.23 bits per heavy atom. The fraction of sp³-hybridized carbons (Fsp3) is 0.471. The number of benzene rings is 1. The second kappa shape index (κ2) is 9.00. The van der Waals surface area contributed by atoms with Crippen molar-refractivity contribution in [1.29, 1.82) is 5.26 Å². The Balaban J connectivity index is 0.000000980. The van der Waals surface area contributed by atoms with Crippen LogP contribution in [-0.4, -0.2) is 13.1 Å². The van der Waals surface area contributed by atoms with Gasteiger partial charge >= 0.3 is 6.18 Å². The van der Waals surface area contributed by atoms with Gasteiger partial charge in [-0.3, -0.25) is 0 Å². The van der Waals surface area contributed by atoms with Crippen LogP contribution < -0.4 is 4.90 Å². The molecule has 5 heteroatoms. The first-order valence-electron chi connectivity index (χ1n) is 7.00. The standard InChI is InChI=1S/C13H15F3N2.C4H6/c1-4-9(2)18(3)11-6-5-10(8-17)12(7-11)13(14,15)16;1-3-4-2/h5-7,9H,4H2,1-3H3;1H,4H2,2H3. The van der Waals surface area contributed by atoms with E-state index in [1.807, 2.05) is 20.8 Å². The predicted molar refractivity (Wildman–Crippen MR) is 83.4 cm³/mol. The summed E-state index contributed by atoms with van der Waals surface area (Å²) in [6.07, 6.45) is 1.95. The van der Waals surface area contributed by atoms with Gasteiger partial charge < -0.3 is 4.90 Å². The number of hydrogen-bond acceptors (Lipinski definition) is 2. The molecule has 0 spiro atoms. The van der Waals surface area contributed by atoms with E-state index in [9.17, 15) is 13.2 Å². The summed E-state index contributed by atoms with van der Waals surface area (Å²) in [6.45, 7) is 5.85. The van der Waals surface area contributed by atoms with E-state index in [1.54, 1.807) is 24.1 Å². The lowest BCUT2D eigenvalue weighted by molar-refractivity contribution is -0.137. The summed E-state index contributed by atoms with van der Waals surface area (Å²) < 4.78 is 38.4. The zero-order valence-corrected chi connectivity index (χ0v) is 13.3. The summed E-state index contributed by atoms with van der Waals surface area (Å²) in [6, 6.07) is 5.50. The van der Waals surface area contributed by atoms with E-state index in [4.69, 9.17) is 11.7 Å². The van der Waals surface area contributed by atoms with Gasteiger partial charge in [0.1, 0.15) is 0 Å². The summed E-state index contributed by atoms with van der Waals surface area (Å²) in [4.78, 5) is 1.77. The quantitative estimate of drug-likeness (QED) is 0.747. The van der Waals surface area contributed by atoms with E-state index in [0.717, 1.165) is 18.9 Å². The predicted octanol–water partition coefficient (Wildman–Crippen LogP) is 4.84. The monoisotopic (exact) mass is 310 g/mol. The molecule has 2 nitrogen and oxygen atoms in total. The fourth-order valence-electron chi connectivity index (χ4n) is 1.61. The molecule has 0 aliphatic rings. The van der Waals surface area contributed by atoms with Gasteiger partial charge in [0.15, 0.2) is 0 Å². The molecule has 0 fully saturated rings. The van der Waals surface area contributed by atoms with Gasteiger partial charge in [-0.25, -0.2) is 0 Å². The molecule has 0 aromatic heterocycles. The summed E-state index contributed by atoms with van der Waals surface area (Å²) in [5.74, 6) is 2.43. The Labute approximate surface area is 130 Å². The molecule has 1 aromatic rings. The van der Waals surface area contributed by atoms with Gasteiger partial charge in [0, 0.05) is 25.2 Å². The van der Waals surface area contributed by atoms with Crippen LogP contribution in [0.5, 0.6) is 0 Å². The first-order chi connectivity index (χ1) is 10.2. The Bertz CT molecular complexity index is 550. The van der Waals surface area contributed by atoms with E-state index in [1.165, 1.54) is 6.07 Å². The van der Waals surface area contributed by atoms with Crippen molar-refractivity contribution in [3.63, 3.8) is 0 Å². The molecule has 0 saturated heterocycles. The van der Waals surface area contributed by atoms with Crippen molar-refractivity contribution in [2.24, 2.45) is 0 Å².